The molecule has 2 atom stereocenters. The molecule has 3 N–H and O–H groups in total. The maximum absolute atomic E-state index is 13.1. The van der Waals surface area contributed by atoms with E-state index in [1.54, 1.807) is 18.3 Å². The first-order chi connectivity index (χ1) is 16.7. The number of hydrogen-bond acceptors (Lipinski definition) is 9. The van der Waals surface area contributed by atoms with Crippen LogP contribution in [0.2, 0.25) is 0 Å². The van der Waals surface area contributed by atoms with E-state index < -0.39 is 37.3 Å². The van der Waals surface area contributed by atoms with Crippen molar-refractivity contribution in [3.05, 3.63) is 41.2 Å². The summed E-state index contributed by atoms with van der Waals surface area (Å²) in [4.78, 5) is 60.1. The molecule has 2 unspecified atom stereocenters. The van der Waals surface area contributed by atoms with Gasteiger partial charge in [-0.3, -0.25) is 34.0 Å². The molecule has 4 rings (SSSR count). The molecule has 186 valence electrons. The number of fused-ring (bicyclic) bond motifs is 1. The Morgan fingerprint density at radius 3 is 2.77 bits per heavy atom. The normalized spacial score (nSPS) is 19.5. The van der Waals surface area contributed by atoms with E-state index in [0.29, 0.717) is 30.6 Å². The van der Waals surface area contributed by atoms with Crippen molar-refractivity contribution in [1.82, 2.24) is 25.2 Å². The zero-order valence-electron chi connectivity index (χ0n) is 19.0. The highest BCUT2D eigenvalue weighted by molar-refractivity contribution is 7.52. The number of hydrogen-bond donors (Lipinski definition) is 3. The third kappa shape index (κ3) is 5.31. The monoisotopic (exact) mass is 504 g/mol. The number of nitrogens with one attached hydrogen (secondary N) is 2. The number of amides is 4. The Kier molecular flexibility index (Phi) is 7.10. The van der Waals surface area contributed by atoms with Crippen LogP contribution in [0.4, 0.5) is 5.69 Å². The van der Waals surface area contributed by atoms with Crippen molar-refractivity contribution >= 4 is 36.9 Å². The lowest BCUT2D eigenvalue weighted by Crippen LogP contribution is -2.54. The Bertz CT molecular complexity index is 1230. The second-order valence-electron chi connectivity index (χ2n) is 8.26. The SMILES string of the molecule is COP(=O)(O)CCCCc1cn(CNc2cccc3c2C(=O)N(C2CCC(=O)NC2=O)C3=O)nn1. The van der Waals surface area contributed by atoms with E-state index in [0.717, 1.165) is 4.90 Å². The van der Waals surface area contributed by atoms with Gasteiger partial charge in [0.2, 0.25) is 11.8 Å². The Balaban J connectivity index is 1.39. The second-order valence-corrected chi connectivity index (χ2v) is 10.3. The van der Waals surface area contributed by atoms with Gasteiger partial charge in [-0.2, -0.15) is 0 Å². The maximum atomic E-state index is 13.1. The lowest BCUT2D eigenvalue weighted by Gasteiger charge is -2.27. The summed E-state index contributed by atoms with van der Waals surface area (Å²) < 4.78 is 17.6. The summed E-state index contributed by atoms with van der Waals surface area (Å²) in [6, 6.07) is 3.77. The molecule has 1 saturated heterocycles. The number of imide groups is 2. The van der Waals surface area contributed by atoms with E-state index in [1.165, 1.54) is 17.9 Å². The van der Waals surface area contributed by atoms with Crippen molar-refractivity contribution in [1.29, 1.82) is 0 Å². The summed E-state index contributed by atoms with van der Waals surface area (Å²) in [5, 5.41) is 13.4. The van der Waals surface area contributed by atoms with Crippen LogP contribution in [0.3, 0.4) is 0 Å². The smallest absolute Gasteiger partial charge is 0.327 e. The average Bonchev–Trinajstić information content (AvgIpc) is 3.38. The van der Waals surface area contributed by atoms with E-state index in [1.807, 2.05) is 0 Å². The number of nitrogens with zero attached hydrogens (tertiary/aromatic N) is 4. The average molecular weight is 504 g/mol. The van der Waals surface area contributed by atoms with Gasteiger partial charge in [-0.05, 0) is 37.8 Å². The summed E-state index contributed by atoms with van der Waals surface area (Å²) in [5.41, 5.74) is 1.45. The number of piperidine rings is 1. The minimum atomic E-state index is -3.51. The van der Waals surface area contributed by atoms with Crippen molar-refractivity contribution in [2.24, 2.45) is 0 Å². The van der Waals surface area contributed by atoms with Gasteiger partial charge in [0.15, 0.2) is 0 Å². The summed E-state index contributed by atoms with van der Waals surface area (Å²) >= 11 is 0. The van der Waals surface area contributed by atoms with Gasteiger partial charge in [-0.15, -0.1) is 5.10 Å². The van der Waals surface area contributed by atoms with Crippen LogP contribution in [0.15, 0.2) is 24.4 Å². The molecule has 2 aliphatic rings. The summed E-state index contributed by atoms with van der Waals surface area (Å²) in [6.07, 6.45) is 3.63. The molecule has 0 saturated carbocycles. The number of unbranched alkanes of at least 4 members (excludes halogenated alkanes) is 1. The fourth-order valence-electron chi connectivity index (χ4n) is 4.07. The largest absolute Gasteiger partial charge is 0.365 e. The van der Waals surface area contributed by atoms with Crippen molar-refractivity contribution in [2.45, 2.75) is 44.8 Å². The van der Waals surface area contributed by atoms with E-state index >= 15 is 0 Å². The van der Waals surface area contributed by atoms with Gasteiger partial charge in [-0.25, -0.2) is 4.68 Å². The Hall–Kier alpha value is -3.41. The predicted octanol–water partition coefficient (Wildman–Crippen LogP) is 0.903. The van der Waals surface area contributed by atoms with E-state index in [9.17, 15) is 28.6 Å². The molecule has 0 spiro atoms. The Morgan fingerprint density at radius 1 is 1.23 bits per heavy atom. The molecule has 0 bridgehead atoms. The molecule has 0 aliphatic carbocycles. The van der Waals surface area contributed by atoms with E-state index in [4.69, 9.17) is 0 Å². The lowest BCUT2D eigenvalue weighted by atomic mass is 10.0. The van der Waals surface area contributed by atoms with Crippen LogP contribution in [-0.4, -0.2) is 67.7 Å². The second kappa shape index (κ2) is 10.1. The zero-order valence-corrected chi connectivity index (χ0v) is 19.9. The van der Waals surface area contributed by atoms with Crippen LogP contribution in [0.5, 0.6) is 0 Å². The zero-order chi connectivity index (χ0) is 25.2. The standard InChI is InChI=1S/C21H25N6O7P/c1-34-35(32,33)10-3-2-5-13-11-26(25-24-13)12-22-15-7-4-6-14-18(15)21(31)27(20(14)30)16-8-9-17(28)23-19(16)29/h4,6-7,11,16,22H,2-3,5,8-10,12H2,1H3,(H,32,33)(H,23,28,29). The maximum Gasteiger partial charge on any atom is 0.327 e. The number of aryl methyl sites for hydroxylation is 1. The van der Waals surface area contributed by atoms with E-state index in [-0.39, 0.29) is 36.8 Å². The van der Waals surface area contributed by atoms with Crippen LogP contribution in [-0.2, 0) is 31.8 Å². The summed E-state index contributed by atoms with van der Waals surface area (Å²) in [7, 11) is -2.31. The minimum Gasteiger partial charge on any atom is -0.365 e. The van der Waals surface area contributed by atoms with Crippen LogP contribution >= 0.6 is 7.60 Å². The van der Waals surface area contributed by atoms with Crippen molar-refractivity contribution in [2.75, 3.05) is 18.6 Å². The highest BCUT2D eigenvalue weighted by Crippen LogP contribution is 2.41. The number of carbonyl (C=O) groups is 4. The highest BCUT2D eigenvalue weighted by Gasteiger charge is 2.45. The first-order valence-electron chi connectivity index (χ1n) is 11.0. The first kappa shape index (κ1) is 24.7. The topological polar surface area (TPSA) is 173 Å². The van der Waals surface area contributed by atoms with Crippen LogP contribution in [0.25, 0.3) is 0 Å². The van der Waals surface area contributed by atoms with Crippen LogP contribution < -0.4 is 10.6 Å². The molecule has 4 amide bonds. The lowest BCUT2D eigenvalue weighted by molar-refractivity contribution is -0.136. The predicted molar refractivity (Wildman–Crippen MR) is 121 cm³/mol. The van der Waals surface area contributed by atoms with Crippen molar-refractivity contribution in [3.8, 4) is 0 Å². The van der Waals surface area contributed by atoms with Crippen LogP contribution in [0.1, 0.15) is 52.1 Å². The quantitative estimate of drug-likeness (QED) is 0.240. The number of carbonyl (C=O) groups excluding carboxylic acids is 4. The molecule has 2 aliphatic heterocycles. The highest BCUT2D eigenvalue weighted by atomic mass is 31.2. The van der Waals surface area contributed by atoms with Gasteiger partial charge in [0, 0.05) is 25.4 Å². The third-order valence-corrected chi connectivity index (χ3v) is 7.35. The number of aromatic nitrogens is 3. The molecule has 13 nitrogen and oxygen atoms in total. The van der Waals surface area contributed by atoms with Gasteiger partial charge in [0.1, 0.15) is 12.7 Å². The molecule has 2 aromatic rings. The molecule has 1 aromatic carbocycles. The van der Waals surface area contributed by atoms with Gasteiger partial charge >= 0.3 is 7.60 Å². The first-order valence-corrected chi connectivity index (χ1v) is 12.8. The van der Waals surface area contributed by atoms with Crippen LogP contribution in [0, 0.1) is 0 Å². The number of rotatable bonds is 10. The molecule has 35 heavy (non-hydrogen) atoms. The van der Waals surface area contributed by atoms with Gasteiger partial charge < -0.3 is 14.7 Å². The summed E-state index contributed by atoms with van der Waals surface area (Å²) in [5.74, 6) is -2.27. The molecular formula is C21H25N6O7P. The molecule has 0 radical (unpaired) electrons. The number of benzene rings is 1. The molecule has 1 aromatic heterocycles. The van der Waals surface area contributed by atoms with Crippen molar-refractivity contribution in [3.63, 3.8) is 0 Å². The third-order valence-electron chi connectivity index (χ3n) is 5.89. The van der Waals surface area contributed by atoms with Gasteiger partial charge in [0.05, 0.1) is 23.0 Å². The number of anilines is 1. The van der Waals surface area contributed by atoms with E-state index in [2.05, 4.69) is 25.5 Å². The molecule has 1 fully saturated rings. The Morgan fingerprint density at radius 2 is 2.03 bits per heavy atom. The Labute approximate surface area is 200 Å². The van der Waals surface area contributed by atoms with Gasteiger partial charge in [0.25, 0.3) is 11.8 Å². The van der Waals surface area contributed by atoms with Crippen molar-refractivity contribution < 1.29 is 33.2 Å². The summed E-state index contributed by atoms with van der Waals surface area (Å²) in [6.45, 7) is 0.166. The molecule has 3 heterocycles. The fraction of sp³-hybridized carbons (Fsp3) is 0.429. The minimum absolute atomic E-state index is 0.0508. The fourth-order valence-corrected chi connectivity index (χ4v) is 4.87. The van der Waals surface area contributed by atoms with Gasteiger partial charge in [-0.1, -0.05) is 11.3 Å². The molecular weight excluding hydrogens is 479 g/mol. The molecule has 14 heteroatoms.